The molecule has 10 N–H and O–H groups in total. The van der Waals surface area contributed by atoms with Gasteiger partial charge in [0.1, 0.15) is 6.54 Å². The number of carbonyl (C=O) groups excluding carboxylic acids is 1. The van der Waals surface area contributed by atoms with Crippen molar-refractivity contribution in [3.63, 3.8) is 0 Å². The minimum atomic E-state index is -3.98. The van der Waals surface area contributed by atoms with E-state index in [9.17, 15) is 17.8 Å². The third-order valence-corrected chi connectivity index (χ3v) is 17.1. The van der Waals surface area contributed by atoms with Crippen LogP contribution in [0.1, 0.15) is 104 Å². The normalized spacial score (nSPS) is 29.6. The summed E-state index contributed by atoms with van der Waals surface area (Å²) in [4.78, 5) is 16.6. The zero-order valence-corrected chi connectivity index (χ0v) is 44.1. The second-order valence-corrected chi connectivity index (χ2v) is 24.0. The molecule has 5 heterocycles. The molecule has 15 heteroatoms. The lowest BCUT2D eigenvalue weighted by Gasteiger charge is -2.37. The fourth-order valence-electron chi connectivity index (χ4n) is 12.2. The molecule has 3 atom stereocenters. The van der Waals surface area contributed by atoms with Gasteiger partial charge in [0.2, 0.25) is 11.6 Å². The number of benzene rings is 1. The zero-order chi connectivity index (χ0) is 49.8. The molecule has 0 radical (unpaired) electrons. The Morgan fingerprint density at radius 3 is 2.11 bits per heavy atom. The van der Waals surface area contributed by atoms with Crippen molar-refractivity contribution in [2.24, 2.45) is 17.1 Å². The number of rotatable bonds is 16. The van der Waals surface area contributed by atoms with E-state index in [1.54, 1.807) is 0 Å². The second kappa shape index (κ2) is 24.6. The van der Waals surface area contributed by atoms with E-state index >= 15 is 0 Å². The molecule has 3 unspecified atom stereocenters. The van der Waals surface area contributed by atoms with Crippen molar-refractivity contribution in [3.05, 3.63) is 89.1 Å². The first-order chi connectivity index (χ1) is 33.5. The molecule has 4 saturated heterocycles. The van der Waals surface area contributed by atoms with Crippen LogP contribution in [0.4, 0.5) is 5.69 Å². The molecule has 70 heavy (non-hydrogen) atoms. The highest BCUT2D eigenvalue weighted by Gasteiger charge is 2.51. The maximum absolute atomic E-state index is 13.8. The highest BCUT2D eigenvalue weighted by Crippen LogP contribution is 2.49. The first kappa shape index (κ1) is 54.4. The van der Waals surface area contributed by atoms with Gasteiger partial charge in [-0.2, -0.15) is 13.0 Å². The van der Waals surface area contributed by atoms with E-state index in [-0.39, 0.29) is 28.0 Å². The summed E-state index contributed by atoms with van der Waals surface area (Å²) in [6, 6.07) is 9.30. The molecule has 2 bridgehead atoms. The third-order valence-electron chi connectivity index (χ3n) is 16.3. The molecule has 1 aromatic rings. The molecule has 0 aromatic heterocycles. The number of nitrogens with two attached hydrogens (primary N) is 1. The number of hydrogen-bond acceptors (Lipinski definition) is 11. The van der Waals surface area contributed by atoms with E-state index < -0.39 is 15.7 Å². The summed E-state index contributed by atoms with van der Waals surface area (Å²) >= 11 is 0. The van der Waals surface area contributed by atoms with Gasteiger partial charge in [-0.1, -0.05) is 74.9 Å². The lowest BCUT2D eigenvalue weighted by atomic mass is 9.72. The monoisotopic (exact) mass is 986 g/mol. The Kier molecular flexibility index (Phi) is 19.1. The average molecular weight is 986 g/mol. The van der Waals surface area contributed by atoms with Gasteiger partial charge in [-0.05, 0) is 94.4 Å². The van der Waals surface area contributed by atoms with Crippen LogP contribution in [0, 0.1) is 11.3 Å². The largest absolute Gasteiger partial charge is 0.347 e. The molecular weight excluding hydrogens is 897 g/mol. The van der Waals surface area contributed by atoms with E-state index in [4.69, 9.17) is 5.73 Å². The van der Waals surface area contributed by atoms with Gasteiger partial charge < -0.3 is 43.0 Å². The van der Waals surface area contributed by atoms with Gasteiger partial charge in [-0.25, -0.2) is 0 Å². The number of nitrogens with one attached hydrogen (secondary N) is 7. The van der Waals surface area contributed by atoms with Gasteiger partial charge in [-0.15, -0.1) is 0 Å². The Hall–Kier alpha value is -3.35. The van der Waals surface area contributed by atoms with E-state index in [1.807, 2.05) is 0 Å². The number of likely N-dealkylation sites (tertiary alicyclic amines) is 1. The number of amides is 1. The molecule has 2 aliphatic carbocycles. The third kappa shape index (κ3) is 14.0. The summed E-state index contributed by atoms with van der Waals surface area (Å²) in [5.74, 6) is 0.354. The Balaban J connectivity index is 0.984. The van der Waals surface area contributed by atoms with Gasteiger partial charge in [0.25, 0.3) is 10.1 Å². The van der Waals surface area contributed by atoms with Crippen LogP contribution < -0.4 is 43.0 Å². The lowest BCUT2D eigenvalue weighted by molar-refractivity contribution is -0.438. The Morgan fingerprint density at radius 2 is 1.46 bits per heavy atom. The molecule has 7 aliphatic rings. The van der Waals surface area contributed by atoms with Crippen LogP contribution in [0.3, 0.4) is 0 Å². The summed E-state index contributed by atoms with van der Waals surface area (Å²) in [6.45, 7) is 22.5. The molecule has 0 saturated carbocycles. The van der Waals surface area contributed by atoms with Crippen LogP contribution in [-0.4, -0.2) is 155 Å². The number of fused-ring (bicyclic) bond motifs is 17. The lowest BCUT2D eigenvalue weighted by Crippen LogP contribution is -2.67. The Labute approximate surface area is 421 Å². The van der Waals surface area contributed by atoms with Crippen molar-refractivity contribution >= 4 is 27.4 Å². The van der Waals surface area contributed by atoms with Crippen LogP contribution in [0.2, 0.25) is 0 Å². The Bertz CT molecular complexity index is 2200. The maximum Gasteiger partial charge on any atom is 0.264 e. The fraction of sp³-hybridized carbons (Fsp3) is 0.673. The molecule has 14 nitrogen and oxygen atoms in total. The Morgan fingerprint density at radius 1 is 0.829 bits per heavy atom. The van der Waals surface area contributed by atoms with Gasteiger partial charge in [0, 0.05) is 127 Å². The van der Waals surface area contributed by atoms with E-state index in [2.05, 4.69) is 148 Å². The topological polar surface area (TPSA) is 188 Å². The molecule has 1 aromatic carbocycles. The molecule has 0 spiro atoms. The minimum Gasteiger partial charge on any atom is -0.347 e. The smallest absolute Gasteiger partial charge is 0.264 e. The standard InChI is InChI=1S/C55H88N10O4S/c1-42-43(16-15-17-44(42)24-26-50-53(4,5)46-19-9-11-21-48(46)65(50)34-13-14-35-70(67,68)69)23-25-49-52(2,3)45-18-8-10-20-47(45)64(49)33-12-6-7-22-51(66)63-55-39-60-30-27-57-36-54(56,37-58-28-31-61-40-55)38-59-29-32-62-41-55/h8-11,18-21,23-24,26,45,47,49,57-62H,6-7,12-17,22,25,27-41,56H2,1-5H3,(H-,63,66,67,68,69)/p+1/b26-24+,43-23+. The molecule has 8 rings (SSSR count). The predicted molar refractivity (Wildman–Crippen MR) is 287 cm³/mol. The molecule has 4 fully saturated rings. The van der Waals surface area contributed by atoms with Gasteiger partial charge in [0.15, 0.2) is 5.71 Å². The number of unbranched alkanes of at least 4 members (excludes halogenated alkanes) is 3. The van der Waals surface area contributed by atoms with Crippen molar-refractivity contribution in [2.45, 2.75) is 127 Å². The minimum absolute atomic E-state index is 0.0903. The number of para-hydroxylation sites is 1. The number of hydrogen-bond donors (Lipinski definition) is 9. The van der Waals surface area contributed by atoms with E-state index in [1.165, 1.54) is 33.7 Å². The predicted octanol–water partition coefficient (Wildman–Crippen LogP) is 4.60. The van der Waals surface area contributed by atoms with E-state index in [0.29, 0.717) is 63.4 Å². The second-order valence-electron chi connectivity index (χ2n) is 22.4. The maximum atomic E-state index is 13.8. The average Bonchev–Trinajstić information content (AvgIpc) is 3.67. The summed E-state index contributed by atoms with van der Waals surface area (Å²) < 4.78 is 34.6. The van der Waals surface area contributed by atoms with Gasteiger partial charge in [-0.3, -0.25) is 14.2 Å². The first-order valence-electron chi connectivity index (χ1n) is 26.7. The highest BCUT2D eigenvalue weighted by molar-refractivity contribution is 7.85. The quantitative estimate of drug-likeness (QED) is 0.0638. The van der Waals surface area contributed by atoms with Gasteiger partial charge >= 0.3 is 0 Å². The SMILES string of the molecule is CC1=C(/C=C/C2=[N+](CCCCS(=O)(=O)O)c3ccccc3C2(C)C)CCC/C1=C\CC1N(CCCCCC(=O)NC23CNCCNCC(N)(CNCCNC2)CNCCNC3)C2C=CC=CC2C1(C)C. The van der Waals surface area contributed by atoms with E-state index in [0.717, 1.165) is 110 Å². The van der Waals surface area contributed by atoms with Crippen LogP contribution in [0.25, 0.3) is 0 Å². The van der Waals surface area contributed by atoms with Crippen molar-refractivity contribution < 1.29 is 22.3 Å². The number of nitrogens with zero attached hydrogens (tertiary/aromatic N) is 2. The summed E-state index contributed by atoms with van der Waals surface area (Å²) in [5.41, 5.74) is 13.8. The number of carbonyl (C=O) groups is 1. The summed E-state index contributed by atoms with van der Waals surface area (Å²) in [5, 5.41) is 25.1. The molecule has 1 amide bonds. The van der Waals surface area contributed by atoms with Crippen LogP contribution >= 0.6 is 0 Å². The molecular formula is C55H89N10O4S+. The van der Waals surface area contributed by atoms with Crippen LogP contribution in [0.5, 0.6) is 0 Å². The molecule has 388 valence electrons. The highest BCUT2D eigenvalue weighted by atomic mass is 32.2. The van der Waals surface area contributed by atoms with Crippen molar-refractivity contribution in [1.82, 2.24) is 42.1 Å². The number of allylic oxidation sites excluding steroid dienone is 7. The fourth-order valence-corrected chi connectivity index (χ4v) is 12.8. The van der Waals surface area contributed by atoms with Crippen molar-refractivity contribution in [1.29, 1.82) is 0 Å². The summed E-state index contributed by atoms with van der Waals surface area (Å²) in [6.07, 6.45) is 25.3. The van der Waals surface area contributed by atoms with Crippen LogP contribution in [0.15, 0.2) is 83.5 Å². The molecule has 5 aliphatic heterocycles. The zero-order valence-electron chi connectivity index (χ0n) is 43.3. The van der Waals surface area contributed by atoms with Crippen molar-refractivity contribution in [2.75, 3.05) is 97.4 Å². The van der Waals surface area contributed by atoms with Gasteiger partial charge in [0.05, 0.1) is 22.2 Å². The van der Waals surface area contributed by atoms with Crippen LogP contribution in [-0.2, 0) is 20.3 Å². The first-order valence-corrected chi connectivity index (χ1v) is 28.3. The summed E-state index contributed by atoms with van der Waals surface area (Å²) in [7, 11) is -3.98. The van der Waals surface area contributed by atoms with Crippen molar-refractivity contribution in [3.8, 4) is 0 Å².